The van der Waals surface area contributed by atoms with E-state index in [9.17, 15) is 19.2 Å². The zero-order valence-electron chi connectivity index (χ0n) is 33.1. The molecule has 0 atom stereocenters. The maximum atomic E-state index is 10.1. The van der Waals surface area contributed by atoms with Crippen LogP contribution in [0.2, 0.25) is 0 Å². The highest BCUT2D eigenvalue weighted by atomic mass is 16.4. The number of carbonyl (C=O) groups is 4. The van der Waals surface area contributed by atoms with E-state index in [4.69, 9.17) is 40.9 Å². The third-order valence-electron chi connectivity index (χ3n) is 7.75. The zero-order valence-corrected chi connectivity index (χ0v) is 33.1. The van der Waals surface area contributed by atoms with Crippen LogP contribution < -0.4 is 0 Å². The summed E-state index contributed by atoms with van der Waals surface area (Å²) in [5.41, 5.74) is -1.11. The summed E-state index contributed by atoms with van der Waals surface area (Å²) in [4.78, 5) is 40.2. The standard InChI is InChI=1S/C10H20O2.C9H18O2.C8H16O2.C7H14O2.C5H12O4/c1-2-3-4-5-6-7-8-9-10(11)12;1-8(2)6-4-3-5-7-9(10)11;1-2-3-4-5-6-7-8(9)10;1-2-3-4-5-6-7(8)9;6-1-5(2-7,3-8)4-9/h2-9H2,1H3,(H,11,12);8H,3-7H2,1-2H3,(H,10,11);2-7H2,1H3,(H,9,10);2-6H2,1H3,(H,8,9);6-9H,1-4H2. The highest BCUT2D eigenvalue weighted by molar-refractivity contribution is 5.67. The molecule has 0 rings (SSSR count). The van der Waals surface area contributed by atoms with E-state index in [1.165, 1.54) is 70.6 Å². The Kier molecular flexibility index (Phi) is 54.3. The number of aliphatic carboxylic acids is 4. The maximum Gasteiger partial charge on any atom is 0.303 e. The van der Waals surface area contributed by atoms with Crippen molar-refractivity contribution in [1.82, 2.24) is 0 Å². The second-order valence-electron chi connectivity index (χ2n) is 13.5. The highest BCUT2D eigenvalue weighted by Gasteiger charge is 2.26. The van der Waals surface area contributed by atoms with E-state index in [2.05, 4.69) is 34.6 Å². The van der Waals surface area contributed by atoms with Gasteiger partial charge in [-0.2, -0.15) is 0 Å². The fraction of sp³-hybridized carbons (Fsp3) is 0.897. The first-order chi connectivity index (χ1) is 24.2. The van der Waals surface area contributed by atoms with Crippen molar-refractivity contribution in [2.45, 2.75) is 189 Å². The minimum absolute atomic E-state index is 0.331. The molecular weight excluding hydrogens is 660 g/mol. The molecule has 0 aliphatic rings. The molecule has 0 aromatic carbocycles. The Labute approximate surface area is 310 Å². The summed E-state index contributed by atoms with van der Waals surface area (Å²) >= 11 is 0. The van der Waals surface area contributed by atoms with Crippen molar-refractivity contribution in [3.8, 4) is 0 Å². The molecule has 0 unspecified atom stereocenters. The molecule has 0 aliphatic carbocycles. The molecule has 0 aliphatic heterocycles. The lowest BCUT2D eigenvalue weighted by molar-refractivity contribution is -0.138. The summed E-state index contributed by atoms with van der Waals surface area (Å²) in [5, 5.41) is 67.1. The van der Waals surface area contributed by atoms with Crippen molar-refractivity contribution < 1.29 is 60.0 Å². The van der Waals surface area contributed by atoms with Crippen LogP contribution in [-0.4, -0.2) is 91.2 Å². The van der Waals surface area contributed by atoms with Crippen LogP contribution in [0.5, 0.6) is 0 Å². The Morgan fingerprint density at radius 1 is 0.392 bits per heavy atom. The van der Waals surface area contributed by atoms with Crippen LogP contribution in [0.25, 0.3) is 0 Å². The minimum atomic E-state index is -1.11. The number of rotatable bonds is 29. The Morgan fingerprint density at radius 2 is 0.608 bits per heavy atom. The van der Waals surface area contributed by atoms with Gasteiger partial charge in [-0.1, -0.05) is 137 Å². The first kappa shape index (κ1) is 58.0. The molecule has 12 nitrogen and oxygen atoms in total. The van der Waals surface area contributed by atoms with Crippen molar-refractivity contribution >= 4 is 23.9 Å². The van der Waals surface area contributed by atoms with Gasteiger partial charge in [-0.15, -0.1) is 0 Å². The molecular formula is C39H80O12. The average molecular weight is 741 g/mol. The number of unbranched alkanes of at least 4 members (excludes halogenated alkanes) is 15. The monoisotopic (exact) mass is 741 g/mol. The first-order valence-electron chi connectivity index (χ1n) is 19.5. The van der Waals surface area contributed by atoms with Gasteiger partial charge in [0.2, 0.25) is 0 Å². The Bertz CT molecular complexity index is 722. The molecule has 0 bridgehead atoms. The summed E-state index contributed by atoms with van der Waals surface area (Å²) in [5.74, 6) is -1.93. The summed E-state index contributed by atoms with van der Waals surface area (Å²) in [6.07, 6.45) is 23.7. The second kappa shape index (κ2) is 47.7. The van der Waals surface area contributed by atoms with Gasteiger partial charge in [-0.05, 0) is 31.6 Å². The van der Waals surface area contributed by atoms with Crippen molar-refractivity contribution in [2.24, 2.45) is 11.3 Å². The topological polar surface area (TPSA) is 230 Å². The number of hydrogen-bond acceptors (Lipinski definition) is 8. The van der Waals surface area contributed by atoms with E-state index >= 15 is 0 Å². The quantitative estimate of drug-likeness (QED) is 0.0339. The SMILES string of the molecule is CC(C)CCCCCC(=O)O.CCCCCCC(=O)O.CCCCCCCC(=O)O.CCCCCCCCCC(=O)O.OCC(CO)(CO)CO. The zero-order chi connectivity index (χ0) is 40.2. The van der Waals surface area contributed by atoms with Crippen LogP contribution in [-0.2, 0) is 19.2 Å². The third kappa shape index (κ3) is 63.2. The maximum absolute atomic E-state index is 10.1. The summed E-state index contributed by atoms with van der Waals surface area (Å²) in [7, 11) is 0. The summed E-state index contributed by atoms with van der Waals surface area (Å²) in [6, 6.07) is 0. The molecule has 8 N–H and O–H groups in total. The number of carboxylic acids is 4. The molecule has 0 aromatic rings. The lowest BCUT2D eigenvalue weighted by atomic mass is 9.93. The van der Waals surface area contributed by atoms with E-state index in [1.807, 2.05) is 0 Å². The lowest BCUT2D eigenvalue weighted by Crippen LogP contribution is -2.37. The van der Waals surface area contributed by atoms with Gasteiger partial charge in [0.25, 0.3) is 0 Å². The fourth-order valence-corrected chi connectivity index (χ4v) is 4.12. The van der Waals surface area contributed by atoms with Crippen LogP contribution in [0, 0.1) is 11.3 Å². The molecule has 0 spiro atoms. The molecule has 0 heterocycles. The average Bonchev–Trinajstić information content (AvgIpc) is 3.08. The third-order valence-corrected chi connectivity index (χ3v) is 7.75. The smallest absolute Gasteiger partial charge is 0.303 e. The van der Waals surface area contributed by atoms with Crippen molar-refractivity contribution in [3.63, 3.8) is 0 Å². The van der Waals surface area contributed by atoms with Crippen LogP contribution in [0.3, 0.4) is 0 Å². The van der Waals surface area contributed by atoms with E-state index in [0.717, 1.165) is 63.7 Å². The van der Waals surface area contributed by atoms with Gasteiger partial charge >= 0.3 is 23.9 Å². The van der Waals surface area contributed by atoms with E-state index in [0.29, 0.717) is 25.7 Å². The van der Waals surface area contributed by atoms with E-state index < -0.39 is 55.7 Å². The fourth-order valence-electron chi connectivity index (χ4n) is 4.12. The van der Waals surface area contributed by atoms with Crippen LogP contribution in [0.15, 0.2) is 0 Å². The van der Waals surface area contributed by atoms with Crippen molar-refractivity contribution in [2.75, 3.05) is 26.4 Å². The van der Waals surface area contributed by atoms with Gasteiger partial charge in [-0.3, -0.25) is 19.2 Å². The van der Waals surface area contributed by atoms with Gasteiger partial charge in [0.05, 0.1) is 31.8 Å². The molecule has 0 saturated carbocycles. The molecule has 0 fully saturated rings. The Balaban J connectivity index is -0.000000174. The molecule has 308 valence electrons. The first-order valence-corrected chi connectivity index (χ1v) is 19.5. The molecule has 51 heavy (non-hydrogen) atoms. The van der Waals surface area contributed by atoms with Crippen molar-refractivity contribution in [3.05, 3.63) is 0 Å². The number of aliphatic hydroxyl groups excluding tert-OH is 4. The predicted molar refractivity (Wildman–Crippen MR) is 204 cm³/mol. The number of hydrogen-bond donors (Lipinski definition) is 8. The molecule has 0 aromatic heterocycles. The second-order valence-corrected chi connectivity index (χ2v) is 13.5. The molecule has 0 saturated heterocycles. The minimum Gasteiger partial charge on any atom is -0.481 e. The number of aliphatic hydroxyl groups is 4. The largest absolute Gasteiger partial charge is 0.481 e. The van der Waals surface area contributed by atoms with Crippen molar-refractivity contribution in [1.29, 1.82) is 0 Å². The van der Waals surface area contributed by atoms with E-state index in [1.54, 1.807) is 0 Å². The normalized spacial score (nSPS) is 10.3. The summed E-state index contributed by atoms with van der Waals surface area (Å²) < 4.78 is 0. The lowest BCUT2D eigenvalue weighted by Gasteiger charge is -2.23. The highest BCUT2D eigenvalue weighted by Crippen LogP contribution is 2.12. The van der Waals surface area contributed by atoms with Gasteiger partial charge < -0.3 is 40.9 Å². The van der Waals surface area contributed by atoms with Gasteiger partial charge in [0.1, 0.15) is 0 Å². The molecule has 0 radical (unpaired) electrons. The molecule has 0 amide bonds. The Hall–Kier alpha value is -2.28. The van der Waals surface area contributed by atoms with Crippen LogP contribution >= 0.6 is 0 Å². The van der Waals surface area contributed by atoms with Gasteiger partial charge in [-0.25, -0.2) is 0 Å². The van der Waals surface area contributed by atoms with E-state index in [-0.39, 0.29) is 0 Å². The van der Waals surface area contributed by atoms with Gasteiger partial charge in [0.15, 0.2) is 0 Å². The predicted octanol–water partition coefficient (Wildman–Crippen LogP) is 8.30. The number of carboxylic acid groups (broad SMARTS) is 4. The Morgan fingerprint density at radius 3 is 0.804 bits per heavy atom. The van der Waals surface area contributed by atoms with Crippen LogP contribution in [0.4, 0.5) is 0 Å². The summed E-state index contributed by atoms with van der Waals surface area (Å²) in [6.45, 7) is 9.22. The molecule has 12 heteroatoms. The van der Waals surface area contributed by atoms with Crippen LogP contribution in [0.1, 0.15) is 189 Å². The van der Waals surface area contributed by atoms with Gasteiger partial charge in [0, 0.05) is 25.7 Å².